The van der Waals surface area contributed by atoms with Gasteiger partial charge in [0, 0.05) is 25.2 Å². The summed E-state index contributed by atoms with van der Waals surface area (Å²) < 4.78 is 18.4. The first-order valence-electron chi connectivity index (χ1n) is 10.4. The number of nitrogens with one attached hydrogen (secondary N) is 3. The highest BCUT2D eigenvalue weighted by Gasteiger charge is 2.34. The van der Waals surface area contributed by atoms with Gasteiger partial charge in [0.05, 0.1) is 12.8 Å². The predicted molar refractivity (Wildman–Crippen MR) is 112 cm³/mol. The molecule has 1 unspecified atom stereocenters. The van der Waals surface area contributed by atoms with Crippen LogP contribution in [0.2, 0.25) is 0 Å². The summed E-state index contributed by atoms with van der Waals surface area (Å²) in [5.74, 6) is -0.774. The van der Waals surface area contributed by atoms with Crippen LogP contribution in [-0.4, -0.2) is 48.4 Å². The van der Waals surface area contributed by atoms with Crippen LogP contribution in [0.3, 0.4) is 0 Å². The molecule has 166 valence electrons. The number of hydrogen-bond donors (Lipinski definition) is 3. The molecule has 2 heterocycles. The lowest BCUT2D eigenvalue weighted by Gasteiger charge is -2.35. The van der Waals surface area contributed by atoms with Crippen LogP contribution < -0.4 is 16.0 Å². The number of nitrogens with zero attached hydrogens (tertiary/aromatic N) is 1. The highest BCUT2D eigenvalue weighted by Crippen LogP contribution is 2.22. The Morgan fingerprint density at radius 1 is 1.13 bits per heavy atom. The highest BCUT2D eigenvalue weighted by atomic mass is 19.1. The van der Waals surface area contributed by atoms with Crippen molar-refractivity contribution in [2.75, 3.05) is 19.6 Å². The molecule has 31 heavy (non-hydrogen) atoms. The number of halogens is 1. The number of carbonyl (C=O) groups is 3. The number of hydrogen-bond acceptors (Lipinski definition) is 4. The van der Waals surface area contributed by atoms with Crippen LogP contribution in [0.15, 0.2) is 47.1 Å². The lowest BCUT2D eigenvalue weighted by Crippen LogP contribution is -2.54. The molecule has 3 N–H and O–H groups in total. The van der Waals surface area contributed by atoms with Crippen molar-refractivity contribution in [2.24, 2.45) is 5.92 Å². The molecule has 2 aromatic rings. The molecular formula is C22H27FN4O4. The molecule has 8 nitrogen and oxygen atoms in total. The van der Waals surface area contributed by atoms with Gasteiger partial charge in [-0.05, 0) is 62.1 Å². The van der Waals surface area contributed by atoms with Crippen LogP contribution in [0.1, 0.15) is 35.9 Å². The van der Waals surface area contributed by atoms with E-state index in [1.54, 1.807) is 17.0 Å². The summed E-state index contributed by atoms with van der Waals surface area (Å²) in [4.78, 5) is 39.4. The van der Waals surface area contributed by atoms with Gasteiger partial charge in [-0.2, -0.15) is 0 Å². The first kappa shape index (κ1) is 22.3. The fraction of sp³-hybridized carbons (Fsp3) is 0.409. The second kappa shape index (κ2) is 10.6. The minimum atomic E-state index is -0.788. The summed E-state index contributed by atoms with van der Waals surface area (Å²) in [7, 11) is 0. The number of furan rings is 1. The van der Waals surface area contributed by atoms with Crippen molar-refractivity contribution < 1.29 is 23.2 Å². The van der Waals surface area contributed by atoms with E-state index in [2.05, 4.69) is 16.0 Å². The summed E-state index contributed by atoms with van der Waals surface area (Å²) in [5.41, 5.74) is 0.269. The molecule has 1 fully saturated rings. The first-order chi connectivity index (χ1) is 15.0. The van der Waals surface area contributed by atoms with E-state index in [1.165, 1.54) is 30.5 Å². The number of likely N-dealkylation sites (tertiary alicyclic amines) is 1. The molecule has 0 saturated carbocycles. The minimum Gasteiger partial charge on any atom is -0.467 e. The number of urea groups is 1. The minimum absolute atomic E-state index is 0.130. The SMILES string of the molecule is CCNC(=O)N1CCC(C(NC(=O)c2ccc(F)cc2)C(=O)NCc2ccco2)CC1. The van der Waals surface area contributed by atoms with Gasteiger partial charge < -0.3 is 25.3 Å². The summed E-state index contributed by atoms with van der Waals surface area (Å²) in [6.45, 7) is 3.58. The molecule has 1 aliphatic heterocycles. The van der Waals surface area contributed by atoms with Crippen LogP contribution in [0.4, 0.5) is 9.18 Å². The molecule has 1 aliphatic rings. The van der Waals surface area contributed by atoms with E-state index in [1.807, 2.05) is 6.92 Å². The third kappa shape index (κ3) is 6.07. The fourth-order valence-electron chi connectivity index (χ4n) is 3.62. The van der Waals surface area contributed by atoms with Gasteiger partial charge in [0.15, 0.2) is 0 Å². The van der Waals surface area contributed by atoms with E-state index in [4.69, 9.17) is 4.42 Å². The highest BCUT2D eigenvalue weighted by molar-refractivity contribution is 5.97. The normalized spacial score (nSPS) is 15.2. The largest absolute Gasteiger partial charge is 0.467 e. The summed E-state index contributed by atoms with van der Waals surface area (Å²) in [5, 5.41) is 8.37. The average molecular weight is 430 g/mol. The Labute approximate surface area is 180 Å². The molecule has 0 aliphatic carbocycles. The third-order valence-corrected chi connectivity index (χ3v) is 5.32. The third-order valence-electron chi connectivity index (χ3n) is 5.32. The monoisotopic (exact) mass is 430 g/mol. The number of carbonyl (C=O) groups excluding carboxylic acids is 3. The molecule has 1 aromatic carbocycles. The smallest absolute Gasteiger partial charge is 0.317 e. The Morgan fingerprint density at radius 3 is 2.45 bits per heavy atom. The Bertz CT molecular complexity index is 877. The zero-order chi connectivity index (χ0) is 22.2. The number of piperidine rings is 1. The van der Waals surface area contributed by atoms with Crippen LogP contribution in [-0.2, 0) is 11.3 Å². The van der Waals surface area contributed by atoms with Crippen LogP contribution >= 0.6 is 0 Å². The Morgan fingerprint density at radius 2 is 1.84 bits per heavy atom. The maximum Gasteiger partial charge on any atom is 0.317 e. The van der Waals surface area contributed by atoms with Gasteiger partial charge in [-0.3, -0.25) is 9.59 Å². The van der Waals surface area contributed by atoms with E-state index in [9.17, 15) is 18.8 Å². The molecule has 1 atom stereocenters. The number of benzene rings is 1. The molecule has 3 rings (SSSR count). The molecular weight excluding hydrogens is 403 g/mol. The Balaban J connectivity index is 1.67. The Kier molecular flexibility index (Phi) is 7.64. The van der Waals surface area contributed by atoms with Crippen molar-refractivity contribution in [1.82, 2.24) is 20.9 Å². The molecule has 9 heteroatoms. The summed E-state index contributed by atoms with van der Waals surface area (Å²) in [6.07, 6.45) is 2.66. The average Bonchev–Trinajstić information content (AvgIpc) is 3.30. The lowest BCUT2D eigenvalue weighted by atomic mass is 9.88. The maximum atomic E-state index is 13.2. The number of rotatable bonds is 7. The van der Waals surface area contributed by atoms with Crippen molar-refractivity contribution in [3.63, 3.8) is 0 Å². The second-order valence-electron chi connectivity index (χ2n) is 7.42. The van der Waals surface area contributed by atoms with E-state index >= 15 is 0 Å². The van der Waals surface area contributed by atoms with E-state index < -0.39 is 17.8 Å². The maximum absolute atomic E-state index is 13.2. The lowest BCUT2D eigenvalue weighted by molar-refractivity contribution is -0.124. The van der Waals surface area contributed by atoms with E-state index in [0.29, 0.717) is 38.2 Å². The molecule has 0 radical (unpaired) electrons. The van der Waals surface area contributed by atoms with Crippen molar-refractivity contribution >= 4 is 17.8 Å². The predicted octanol–water partition coefficient (Wildman–Crippen LogP) is 2.28. The fourth-order valence-corrected chi connectivity index (χ4v) is 3.62. The van der Waals surface area contributed by atoms with Crippen LogP contribution in [0.25, 0.3) is 0 Å². The van der Waals surface area contributed by atoms with Crippen molar-refractivity contribution in [3.8, 4) is 0 Å². The molecule has 1 aromatic heterocycles. The number of amides is 4. The zero-order valence-electron chi connectivity index (χ0n) is 17.4. The van der Waals surface area contributed by atoms with Crippen molar-refractivity contribution in [1.29, 1.82) is 0 Å². The molecule has 0 spiro atoms. The van der Waals surface area contributed by atoms with Gasteiger partial charge in [0.1, 0.15) is 17.6 Å². The standard InChI is InChI=1S/C22H27FN4O4/c1-2-24-22(30)27-11-9-15(10-12-27)19(21(29)25-14-18-4-3-13-31-18)26-20(28)16-5-7-17(23)8-6-16/h3-8,13,15,19H,2,9-12,14H2,1H3,(H,24,30)(H,25,29)(H,26,28). The Hall–Kier alpha value is -3.36. The van der Waals surface area contributed by atoms with Gasteiger partial charge in [-0.1, -0.05) is 0 Å². The molecule has 4 amide bonds. The first-order valence-corrected chi connectivity index (χ1v) is 10.4. The molecule has 0 bridgehead atoms. The summed E-state index contributed by atoms with van der Waals surface area (Å²) in [6, 6.07) is 7.71. The molecule has 1 saturated heterocycles. The van der Waals surface area contributed by atoms with Crippen molar-refractivity contribution in [2.45, 2.75) is 32.4 Å². The van der Waals surface area contributed by atoms with E-state index in [0.717, 1.165) is 0 Å². The topological polar surface area (TPSA) is 104 Å². The van der Waals surface area contributed by atoms with Gasteiger partial charge >= 0.3 is 6.03 Å². The second-order valence-corrected chi connectivity index (χ2v) is 7.42. The zero-order valence-corrected chi connectivity index (χ0v) is 17.4. The van der Waals surface area contributed by atoms with Gasteiger partial charge in [0.2, 0.25) is 5.91 Å². The van der Waals surface area contributed by atoms with Crippen LogP contribution in [0, 0.1) is 11.7 Å². The van der Waals surface area contributed by atoms with Gasteiger partial charge in [-0.15, -0.1) is 0 Å². The van der Waals surface area contributed by atoms with Gasteiger partial charge in [0.25, 0.3) is 5.91 Å². The van der Waals surface area contributed by atoms with E-state index in [-0.39, 0.29) is 30.0 Å². The van der Waals surface area contributed by atoms with Crippen LogP contribution in [0.5, 0.6) is 0 Å². The quantitative estimate of drug-likeness (QED) is 0.627. The summed E-state index contributed by atoms with van der Waals surface area (Å²) >= 11 is 0. The van der Waals surface area contributed by atoms with Crippen molar-refractivity contribution in [3.05, 3.63) is 59.8 Å². The van der Waals surface area contributed by atoms with Gasteiger partial charge in [-0.25, -0.2) is 9.18 Å².